The smallest absolute Gasteiger partial charge is 0.194 e. The number of nitrogens with zero attached hydrogens (tertiary/aromatic N) is 3. The number of sulfone groups is 1. The molecule has 0 aromatic heterocycles. The lowest BCUT2D eigenvalue weighted by atomic mass is 10.0. The second-order valence-corrected chi connectivity index (χ2v) is 10.3. The Bertz CT molecular complexity index is 957. The fourth-order valence-corrected chi connectivity index (χ4v) is 4.99. The maximum Gasteiger partial charge on any atom is 0.194 e. The molecule has 1 saturated heterocycles. The zero-order valence-corrected chi connectivity index (χ0v) is 22.3. The number of guanidine groups is 1. The van der Waals surface area contributed by atoms with Gasteiger partial charge in [-0.3, -0.25) is 9.89 Å². The van der Waals surface area contributed by atoms with Crippen molar-refractivity contribution in [2.75, 3.05) is 39.5 Å². The van der Waals surface area contributed by atoms with Crippen molar-refractivity contribution in [2.24, 2.45) is 4.99 Å². The molecular weight excluding hydrogens is 535 g/mol. The predicted molar refractivity (Wildman–Crippen MR) is 143 cm³/mol. The highest BCUT2D eigenvalue weighted by molar-refractivity contribution is 14.0. The summed E-state index contributed by atoms with van der Waals surface area (Å²) in [5.74, 6) is 0.988. The molecule has 0 saturated carbocycles. The van der Waals surface area contributed by atoms with E-state index in [1.54, 1.807) is 0 Å². The van der Waals surface area contributed by atoms with Crippen LogP contribution in [0.3, 0.4) is 0 Å². The maximum atomic E-state index is 11.4. The van der Waals surface area contributed by atoms with Gasteiger partial charge in [0.25, 0.3) is 0 Å². The highest BCUT2D eigenvalue weighted by Gasteiger charge is 2.25. The Morgan fingerprint density at radius 2 is 1.59 bits per heavy atom. The third-order valence-electron chi connectivity index (χ3n) is 5.74. The molecule has 176 valence electrons. The first-order valence-corrected chi connectivity index (χ1v) is 13.0. The normalized spacial score (nSPS) is 16.3. The number of hydrogen-bond acceptors (Lipinski definition) is 4. The first-order chi connectivity index (χ1) is 14.9. The zero-order chi connectivity index (χ0) is 22.3. The summed E-state index contributed by atoms with van der Waals surface area (Å²) in [4.78, 5) is 9.36. The van der Waals surface area contributed by atoms with Crippen molar-refractivity contribution in [1.29, 1.82) is 0 Å². The SMILES string of the molecule is CCC(c1ccccc1)N1CCN(C(=NC)NCc2ccc(CS(C)(=O)=O)cc2)CC1.I. The zero-order valence-electron chi connectivity index (χ0n) is 19.2. The lowest BCUT2D eigenvalue weighted by Gasteiger charge is -2.40. The molecule has 6 nitrogen and oxygen atoms in total. The average Bonchev–Trinajstić information content (AvgIpc) is 2.76. The summed E-state index contributed by atoms with van der Waals surface area (Å²) in [6.07, 6.45) is 2.36. The summed E-state index contributed by atoms with van der Waals surface area (Å²) >= 11 is 0. The molecule has 0 radical (unpaired) electrons. The Labute approximate surface area is 210 Å². The Balaban J connectivity index is 0.00000363. The number of rotatable bonds is 7. The molecule has 8 heteroatoms. The van der Waals surface area contributed by atoms with Gasteiger partial charge in [-0.05, 0) is 23.1 Å². The highest BCUT2D eigenvalue weighted by atomic mass is 127. The van der Waals surface area contributed by atoms with Gasteiger partial charge in [0.15, 0.2) is 15.8 Å². The molecule has 1 heterocycles. The highest BCUT2D eigenvalue weighted by Crippen LogP contribution is 2.25. The topological polar surface area (TPSA) is 65.0 Å². The van der Waals surface area contributed by atoms with E-state index < -0.39 is 9.84 Å². The van der Waals surface area contributed by atoms with Crippen LogP contribution in [0.1, 0.15) is 36.1 Å². The van der Waals surface area contributed by atoms with Crippen molar-refractivity contribution in [1.82, 2.24) is 15.1 Å². The van der Waals surface area contributed by atoms with E-state index in [1.165, 1.54) is 11.8 Å². The van der Waals surface area contributed by atoms with Gasteiger partial charge in [0.2, 0.25) is 0 Å². The van der Waals surface area contributed by atoms with Crippen LogP contribution >= 0.6 is 24.0 Å². The molecule has 1 N–H and O–H groups in total. The summed E-state index contributed by atoms with van der Waals surface area (Å²) in [6.45, 7) is 6.81. The Hall–Kier alpha value is -1.65. The monoisotopic (exact) mass is 570 g/mol. The summed E-state index contributed by atoms with van der Waals surface area (Å²) in [5, 5.41) is 3.45. The third-order valence-corrected chi connectivity index (χ3v) is 6.60. The molecule has 1 aliphatic heterocycles. The van der Waals surface area contributed by atoms with Gasteiger partial charge in [-0.2, -0.15) is 0 Å². The molecule has 0 bridgehead atoms. The minimum absolute atomic E-state index is 0. The van der Waals surface area contributed by atoms with Gasteiger partial charge in [-0.25, -0.2) is 8.42 Å². The van der Waals surface area contributed by atoms with Gasteiger partial charge in [-0.15, -0.1) is 24.0 Å². The van der Waals surface area contributed by atoms with E-state index in [-0.39, 0.29) is 29.7 Å². The van der Waals surface area contributed by atoms with Crippen LogP contribution in [-0.4, -0.2) is 63.7 Å². The van der Waals surface area contributed by atoms with Crippen LogP contribution in [0.4, 0.5) is 0 Å². The Kier molecular flexibility index (Phi) is 10.4. The van der Waals surface area contributed by atoms with E-state index >= 15 is 0 Å². The van der Waals surface area contributed by atoms with E-state index in [1.807, 2.05) is 31.3 Å². The van der Waals surface area contributed by atoms with E-state index in [0.29, 0.717) is 12.6 Å². The third kappa shape index (κ3) is 7.74. The minimum Gasteiger partial charge on any atom is -0.352 e. The van der Waals surface area contributed by atoms with Gasteiger partial charge in [0.05, 0.1) is 5.75 Å². The maximum absolute atomic E-state index is 11.4. The molecular formula is C24H35IN4O2S. The molecule has 2 aromatic carbocycles. The van der Waals surface area contributed by atoms with Crippen molar-refractivity contribution < 1.29 is 8.42 Å². The molecule has 1 atom stereocenters. The van der Waals surface area contributed by atoms with Crippen molar-refractivity contribution in [2.45, 2.75) is 31.7 Å². The summed E-state index contributed by atoms with van der Waals surface area (Å²) in [6, 6.07) is 18.9. The lowest BCUT2D eigenvalue weighted by Crippen LogP contribution is -2.52. The van der Waals surface area contributed by atoms with E-state index in [9.17, 15) is 8.42 Å². The van der Waals surface area contributed by atoms with Crippen LogP contribution in [0.15, 0.2) is 59.6 Å². The number of piperazine rings is 1. The van der Waals surface area contributed by atoms with Crippen molar-refractivity contribution in [3.63, 3.8) is 0 Å². The molecule has 0 amide bonds. The van der Waals surface area contributed by atoms with Crippen molar-refractivity contribution in [3.8, 4) is 0 Å². The average molecular weight is 571 g/mol. The van der Waals surface area contributed by atoms with Crippen LogP contribution < -0.4 is 5.32 Å². The first kappa shape index (κ1) is 26.6. The lowest BCUT2D eigenvalue weighted by molar-refractivity contribution is 0.127. The number of aliphatic imine (C=N–C) groups is 1. The first-order valence-electron chi connectivity index (χ1n) is 10.9. The van der Waals surface area contributed by atoms with Crippen molar-refractivity contribution >= 4 is 39.8 Å². The number of halogens is 1. The molecule has 0 aliphatic carbocycles. The van der Waals surface area contributed by atoms with E-state index in [4.69, 9.17) is 0 Å². The number of hydrogen-bond donors (Lipinski definition) is 1. The predicted octanol–water partition coefficient (Wildman–Crippen LogP) is 3.69. The molecule has 3 rings (SSSR count). The van der Waals surface area contributed by atoms with E-state index in [2.05, 4.69) is 57.4 Å². The summed E-state index contributed by atoms with van der Waals surface area (Å²) in [7, 11) is -1.19. The Morgan fingerprint density at radius 1 is 1.00 bits per heavy atom. The number of benzene rings is 2. The van der Waals surface area contributed by atoms with Crippen LogP contribution in [0.2, 0.25) is 0 Å². The van der Waals surface area contributed by atoms with Crippen molar-refractivity contribution in [3.05, 3.63) is 71.3 Å². The standard InChI is InChI=1S/C24H34N4O2S.HI/c1-4-23(22-8-6-5-7-9-22)27-14-16-28(17-15-27)24(25-2)26-18-20-10-12-21(13-11-20)19-31(3,29)30;/h5-13,23H,4,14-19H2,1-3H3,(H,25,26);1H. The summed E-state index contributed by atoms with van der Waals surface area (Å²) < 4.78 is 22.9. The molecule has 32 heavy (non-hydrogen) atoms. The molecule has 1 fully saturated rings. The molecule has 1 unspecified atom stereocenters. The fraction of sp³-hybridized carbons (Fsp3) is 0.458. The molecule has 0 spiro atoms. The van der Waals surface area contributed by atoms with Crippen LogP contribution in [0.25, 0.3) is 0 Å². The summed E-state index contributed by atoms with van der Waals surface area (Å²) in [5.41, 5.74) is 3.31. The molecule has 2 aromatic rings. The van der Waals surface area contributed by atoms with Crippen LogP contribution in [0, 0.1) is 0 Å². The van der Waals surface area contributed by atoms with Gasteiger partial charge in [-0.1, -0.05) is 61.5 Å². The van der Waals surface area contributed by atoms with Crippen LogP contribution in [-0.2, 0) is 22.1 Å². The second-order valence-electron chi connectivity index (χ2n) is 8.15. The van der Waals surface area contributed by atoms with Crippen LogP contribution in [0.5, 0.6) is 0 Å². The largest absolute Gasteiger partial charge is 0.352 e. The van der Waals surface area contributed by atoms with Gasteiger partial charge >= 0.3 is 0 Å². The quantitative estimate of drug-likeness (QED) is 0.313. The number of nitrogens with one attached hydrogen (secondary N) is 1. The fourth-order valence-electron chi connectivity index (χ4n) is 4.19. The molecule has 1 aliphatic rings. The Morgan fingerprint density at radius 3 is 2.12 bits per heavy atom. The van der Waals surface area contributed by atoms with Gasteiger partial charge in [0.1, 0.15) is 0 Å². The van der Waals surface area contributed by atoms with Gasteiger partial charge < -0.3 is 10.2 Å². The van der Waals surface area contributed by atoms with Gasteiger partial charge in [0, 0.05) is 52.1 Å². The second kappa shape index (κ2) is 12.6. The van der Waals surface area contributed by atoms with E-state index in [0.717, 1.165) is 49.7 Å². The minimum atomic E-state index is -3.01.